The molecule has 3 heteroatoms. The van der Waals surface area contributed by atoms with Gasteiger partial charge in [-0.15, -0.1) is 11.3 Å². The second kappa shape index (κ2) is 5.66. The molecule has 2 aromatic rings. The lowest BCUT2D eigenvalue weighted by Crippen LogP contribution is -2.24. The molecule has 0 spiro atoms. The van der Waals surface area contributed by atoms with E-state index in [2.05, 4.69) is 11.4 Å². The monoisotopic (exact) mass is 292 g/mol. The summed E-state index contributed by atoms with van der Waals surface area (Å²) in [7, 11) is 0. The van der Waals surface area contributed by atoms with Crippen molar-refractivity contribution in [1.82, 2.24) is 0 Å². The van der Waals surface area contributed by atoms with Crippen molar-refractivity contribution in [1.29, 1.82) is 0 Å². The Morgan fingerprint density at radius 2 is 2.16 bits per heavy atom. The summed E-state index contributed by atoms with van der Waals surface area (Å²) in [6.45, 7) is 0. The Labute approximate surface area is 122 Å². The molecule has 19 heavy (non-hydrogen) atoms. The summed E-state index contributed by atoms with van der Waals surface area (Å²) in [5.41, 5.74) is 2.40. The van der Waals surface area contributed by atoms with Crippen LogP contribution in [0.5, 0.6) is 0 Å². The number of rotatable bonds is 3. The zero-order valence-electron chi connectivity index (χ0n) is 10.7. The molecule has 1 nitrogen and oxygen atoms in total. The molecule has 1 aromatic heterocycles. The van der Waals surface area contributed by atoms with Crippen molar-refractivity contribution in [2.75, 3.05) is 0 Å². The summed E-state index contributed by atoms with van der Waals surface area (Å²) in [5, 5.41) is 13.5. The Kier molecular flexibility index (Phi) is 3.92. The minimum absolute atomic E-state index is 0.270. The first-order chi connectivity index (χ1) is 9.25. The van der Waals surface area contributed by atoms with Crippen LogP contribution in [-0.4, -0.2) is 11.2 Å². The number of fused-ring (bicyclic) bond motifs is 1. The molecule has 0 bridgehead atoms. The highest BCUT2D eigenvalue weighted by molar-refractivity contribution is 7.10. The fourth-order valence-electron chi connectivity index (χ4n) is 2.95. The van der Waals surface area contributed by atoms with Gasteiger partial charge in [-0.3, -0.25) is 0 Å². The van der Waals surface area contributed by atoms with Crippen molar-refractivity contribution in [3.63, 3.8) is 0 Å². The van der Waals surface area contributed by atoms with Gasteiger partial charge in [0.1, 0.15) is 0 Å². The van der Waals surface area contributed by atoms with Gasteiger partial charge in [0.05, 0.1) is 6.10 Å². The van der Waals surface area contributed by atoms with Crippen molar-refractivity contribution in [3.05, 3.63) is 56.7 Å². The molecule has 1 aliphatic rings. The number of hydrogen-bond donors (Lipinski definition) is 1. The van der Waals surface area contributed by atoms with Crippen LogP contribution in [0, 0.1) is 0 Å². The van der Waals surface area contributed by atoms with E-state index in [-0.39, 0.29) is 12.0 Å². The first-order valence-electron chi connectivity index (χ1n) is 6.73. The van der Waals surface area contributed by atoms with Gasteiger partial charge in [-0.1, -0.05) is 29.8 Å². The maximum absolute atomic E-state index is 10.6. The average molecular weight is 293 g/mol. The highest BCUT2D eigenvalue weighted by atomic mass is 35.5. The van der Waals surface area contributed by atoms with Crippen molar-refractivity contribution < 1.29 is 5.11 Å². The van der Waals surface area contributed by atoms with Gasteiger partial charge in [0.2, 0.25) is 0 Å². The average Bonchev–Trinajstić information content (AvgIpc) is 2.89. The van der Waals surface area contributed by atoms with Crippen LogP contribution in [0.4, 0.5) is 0 Å². The molecule has 2 atom stereocenters. The third-order valence-corrected chi connectivity index (χ3v) is 5.31. The first kappa shape index (κ1) is 13.2. The summed E-state index contributed by atoms with van der Waals surface area (Å²) in [5.74, 6) is 0.270. The van der Waals surface area contributed by atoms with E-state index in [1.165, 1.54) is 23.3 Å². The van der Waals surface area contributed by atoms with E-state index < -0.39 is 0 Å². The first-order valence-corrected chi connectivity index (χ1v) is 7.99. The zero-order valence-corrected chi connectivity index (χ0v) is 12.3. The number of thiophene rings is 1. The van der Waals surface area contributed by atoms with E-state index in [0.29, 0.717) is 6.42 Å². The fraction of sp³-hybridized carbons (Fsp3) is 0.375. The Morgan fingerprint density at radius 1 is 1.32 bits per heavy atom. The van der Waals surface area contributed by atoms with Gasteiger partial charge in [0.25, 0.3) is 0 Å². The Hall–Kier alpha value is -0.830. The topological polar surface area (TPSA) is 20.2 Å². The van der Waals surface area contributed by atoms with Gasteiger partial charge in [-0.2, -0.15) is 0 Å². The molecule has 0 fully saturated rings. The second-order valence-corrected chi connectivity index (χ2v) is 6.57. The minimum Gasteiger partial charge on any atom is -0.392 e. The number of halogens is 1. The van der Waals surface area contributed by atoms with Gasteiger partial charge in [0, 0.05) is 22.2 Å². The summed E-state index contributed by atoms with van der Waals surface area (Å²) in [6.07, 6.45) is 3.73. The van der Waals surface area contributed by atoms with Crippen molar-refractivity contribution in [3.8, 4) is 0 Å². The molecule has 0 saturated carbocycles. The third-order valence-electron chi connectivity index (χ3n) is 3.95. The summed E-state index contributed by atoms with van der Waals surface area (Å²) < 4.78 is 0. The highest BCUT2D eigenvalue weighted by Gasteiger charge is 2.27. The lowest BCUT2D eigenvalue weighted by Gasteiger charge is -2.27. The van der Waals surface area contributed by atoms with E-state index in [4.69, 9.17) is 11.6 Å². The molecule has 1 aromatic carbocycles. The Morgan fingerprint density at radius 3 is 3.00 bits per heavy atom. The number of aryl methyl sites for hydroxylation is 1. The van der Waals surface area contributed by atoms with Gasteiger partial charge < -0.3 is 5.11 Å². The molecule has 0 aliphatic heterocycles. The van der Waals surface area contributed by atoms with E-state index >= 15 is 0 Å². The molecular weight excluding hydrogens is 276 g/mol. The SMILES string of the molecule is OC(Cc1ccccc1Cl)C1CCCc2sccc21. The second-order valence-electron chi connectivity index (χ2n) is 5.16. The van der Waals surface area contributed by atoms with Gasteiger partial charge >= 0.3 is 0 Å². The zero-order chi connectivity index (χ0) is 13.2. The standard InChI is InChI=1S/C16H17ClOS/c17-14-6-2-1-4-11(14)10-15(18)12-5-3-7-16-13(12)8-9-19-16/h1-2,4,6,8-9,12,15,18H,3,5,7,10H2. The number of aliphatic hydroxyl groups excluding tert-OH is 1. The van der Waals surface area contributed by atoms with Crippen LogP contribution in [0.15, 0.2) is 35.7 Å². The molecule has 0 saturated heterocycles. The summed E-state index contributed by atoms with van der Waals surface area (Å²) >= 11 is 8.00. The van der Waals surface area contributed by atoms with Crippen LogP contribution < -0.4 is 0 Å². The molecule has 0 radical (unpaired) electrons. The van der Waals surface area contributed by atoms with Gasteiger partial charge in [-0.05, 0) is 47.9 Å². The van der Waals surface area contributed by atoms with Crippen molar-refractivity contribution in [2.45, 2.75) is 37.7 Å². The molecule has 3 rings (SSSR count). The highest BCUT2D eigenvalue weighted by Crippen LogP contribution is 2.38. The van der Waals surface area contributed by atoms with Crippen molar-refractivity contribution >= 4 is 22.9 Å². The maximum atomic E-state index is 10.6. The van der Waals surface area contributed by atoms with E-state index in [0.717, 1.165) is 17.0 Å². The number of aliphatic hydroxyl groups is 1. The molecule has 1 aliphatic carbocycles. The van der Waals surface area contributed by atoms with Crippen molar-refractivity contribution in [2.24, 2.45) is 0 Å². The predicted molar refractivity (Wildman–Crippen MR) is 81.2 cm³/mol. The maximum Gasteiger partial charge on any atom is 0.0649 e. The van der Waals surface area contributed by atoms with Crippen LogP contribution in [0.25, 0.3) is 0 Å². The molecule has 0 amide bonds. The molecule has 100 valence electrons. The fourth-order valence-corrected chi connectivity index (χ4v) is 4.16. The van der Waals surface area contributed by atoms with Crippen LogP contribution in [-0.2, 0) is 12.8 Å². The van der Waals surface area contributed by atoms with Crippen LogP contribution in [0.2, 0.25) is 5.02 Å². The summed E-state index contributed by atoms with van der Waals surface area (Å²) in [6, 6.07) is 9.98. The number of hydrogen-bond acceptors (Lipinski definition) is 2. The third kappa shape index (κ3) is 2.71. The predicted octanol–water partition coefficient (Wildman–Crippen LogP) is 4.43. The lowest BCUT2D eigenvalue weighted by molar-refractivity contribution is 0.135. The smallest absolute Gasteiger partial charge is 0.0649 e. The normalized spacial score (nSPS) is 20.0. The van der Waals surface area contributed by atoms with E-state index in [1.807, 2.05) is 35.6 Å². The Bertz CT molecular complexity index is 563. The molecule has 2 unspecified atom stereocenters. The van der Waals surface area contributed by atoms with Crippen LogP contribution in [0.1, 0.15) is 34.8 Å². The largest absolute Gasteiger partial charge is 0.392 e. The van der Waals surface area contributed by atoms with Crippen LogP contribution in [0.3, 0.4) is 0 Å². The van der Waals surface area contributed by atoms with Gasteiger partial charge in [-0.25, -0.2) is 0 Å². The molecular formula is C16H17ClOS. The van der Waals surface area contributed by atoms with E-state index in [1.54, 1.807) is 0 Å². The van der Waals surface area contributed by atoms with E-state index in [9.17, 15) is 5.11 Å². The summed E-state index contributed by atoms with van der Waals surface area (Å²) in [4.78, 5) is 1.45. The minimum atomic E-state index is -0.339. The lowest BCUT2D eigenvalue weighted by atomic mass is 9.82. The van der Waals surface area contributed by atoms with Gasteiger partial charge in [0.15, 0.2) is 0 Å². The molecule has 1 heterocycles. The van der Waals surface area contributed by atoms with Crippen LogP contribution >= 0.6 is 22.9 Å². The molecule has 1 N–H and O–H groups in total. The Balaban J connectivity index is 1.79. The number of benzene rings is 1. The quantitative estimate of drug-likeness (QED) is 0.887.